The van der Waals surface area contributed by atoms with Crippen LogP contribution in [0.1, 0.15) is 32.0 Å². The number of carbonyl (C=O) groups is 1. The summed E-state index contributed by atoms with van der Waals surface area (Å²) in [5.41, 5.74) is 1.52. The molecule has 0 unspecified atom stereocenters. The van der Waals surface area contributed by atoms with Gasteiger partial charge in [0.05, 0.1) is 11.3 Å². The van der Waals surface area contributed by atoms with E-state index in [2.05, 4.69) is 15.5 Å². The fourth-order valence-electron chi connectivity index (χ4n) is 1.94. The van der Waals surface area contributed by atoms with Crippen molar-refractivity contribution in [2.24, 2.45) is 5.14 Å². The summed E-state index contributed by atoms with van der Waals surface area (Å²) in [5.74, 6) is 0.224. The zero-order valence-corrected chi connectivity index (χ0v) is 14.1. The second-order valence-corrected chi connectivity index (χ2v) is 7.89. The maximum atomic E-state index is 12.0. The number of amides is 1. The first kappa shape index (κ1) is 17.2. The van der Waals surface area contributed by atoms with Gasteiger partial charge in [-0.3, -0.25) is 9.89 Å². The smallest absolute Gasteiger partial charge is 0.238 e. The number of hydrogen-bond donors (Lipinski definition) is 3. The normalized spacial score (nSPS) is 12.2. The fourth-order valence-corrected chi connectivity index (χ4v) is 2.45. The minimum Gasteiger partial charge on any atom is -0.309 e. The van der Waals surface area contributed by atoms with Crippen LogP contribution < -0.4 is 10.5 Å². The summed E-state index contributed by atoms with van der Waals surface area (Å²) in [6.07, 6.45) is 0.114. The second kappa shape index (κ2) is 6.13. The minimum absolute atomic E-state index is 0.0174. The van der Waals surface area contributed by atoms with Crippen molar-refractivity contribution in [3.8, 4) is 0 Å². The summed E-state index contributed by atoms with van der Waals surface area (Å²) >= 11 is 0. The Morgan fingerprint density at radius 2 is 1.87 bits per heavy atom. The van der Waals surface area contributed by atoms with E-state index in [0.717, 1.165) is 5.69 Å². The van der Waals surface area contributed by atoms with E-state index < -0.39 is 10.0 Å². The molecule has 0 spiro atoms. The Labute approximate surface area is 135 Å². The van der Waals surface area contributed by atoms with E-state index in [1.165, 1.54) is 12.1 Å². The lowest BCUT2D eigenvalue weighted by Gasteiger charge is -2.14. The van der Waals surface area contributed by atoms with Crippen LogP contribution in [-0.4, -0.2) is 24.5 Å². The number of H-pyrrole nitrogens is 1. The van der Waals surface area contributed by atoms with Crippen LogP contribution in [0.4, 0.5) is 5.82 Å². The Kier molecular flexibility index (Phi) is 4.58. The van der Waals surface area contributed by atoms with E-state index in [1.807, 2.05) is 20.8 Å². The summed E-state index contributed by atoms with van der Waals surface area (Å²) in [4.78, 5) is 12.0. The molecule has 2 aromatic rings. The number of nitrogens with two attached hydrogens (primary N) is 1. The summed E-state index contributed by atoms with van der Waals surface area (Å²) in [6, 6.07) is 7.67. The number of nitrogens with one attached hydrogen (secondary N) is 2. The van der Waals surface area contributed by atoms with Gasteiger partial charge in [0.25, 0.3) is 0 Å². The van der Waals surface area contributed by atoms with Gasteiger partial charge in [-0.1, -0.05) is 32.9 Å². The van der Waals surface area contributed by atoms with Gasteiger partial charge in [-0.25, -0.2) is 13.6 Å². The molecule has 1 heterocycles. The number of sulfonamides is 1. The van der Waals surface area contributed by atoms with Crippen LogP contribution in [0.15, 0.2) is 35.2 Å². The van der Waals surface area contributed by atoms with Gasteiger partial charge in [-0.2, -0.15) is 5.10 Å². The topological polar surface area (TPSA) is 118 Å². The van der Waals surface area contributed by atoms with Gasteiger partial charge < -0.3 is 5.32 Å². The first-order valence-electron chi connectivity index (χ1n) is 7.03. The molecule has 0 saturated heterocycles. The Balaban J connectivity index is 2.01. The lowest BCUT2D eigenvalue weighted by atomic mass is 9.92. The highest BCUT2D eigenvalue weighted by molar-refractivity contribution is 7.89. The van der Waals surface area contributed by atoms with Crippen LogP contribution in [-0.2, 0) is 26.7 Å². The number of primary sulfonamides is 1. The van der Waals surface area contributed by atoms with Crippen molar-refractivity contribution in [1.82, 2.24) is 10.2 Å². The van der Waals surface area contributed by atoms with Gasteiger partial charge in [-0.15, -0.1) is 0 Å². The third-order valence-corrected chi connectivity index (χ3v) is 4.20. The SMILES string of the molecule is CC(C)(C)c1cc(NC(=O)Cc2ccc(S(N)(=O)=O)cc2)n[nH]1. The van der Waals surface area contributed by atoms with Crippen molar-refractivity contribution >= 4 is 21.7 Å². The molecule has 124 valence electrons. The standard InChI is InChI=1S/C15H20N4O3S/c1-15(2,3)12-9-13(19-18-12)17-14(20)8-10-4-6-11(7-5-10)23(16,21)22/h4-7,9H,8H2,1-3H3,(H2,16,21,22)(H2,17,18,19,20). The predicted octanol–water partition coefficient (Wildman–Crippen LogP) is 1.54. The zero-order chi connectivity index (χ0) is 17.3. The number of aromatic nitrogens is 2. The third kappa shape index (κ3) is 4.64. The zero-order valence-electron chi connectivity index (χ0n) is 13.3. The summed E-state index contributed by atoms with van der Waals surface area (Å²) in [7, 11) is -3.72. The quantitative estimate of drug-likeness (QED) is 0.784. The van der Waals surface area contributed by atoms with Crippen molar-refractivity contribution < 1.29 is 13.2 Å². The van der Waals surface area contributed by atoms with Crippen LogP contribution in [0, 0.1) is 0 Å². The van der Waals surface area contributed by atoms with E-state index in [1.54, 1.807) is 18.2 Å². The van der Waals surface area contributed by atoms with Crippen molar-refractivity contribution in [3.63, 3.8) is 0 Å². The molecule has 0 aliphatic rings. The molecule has 0 aliphatic carbocycles. The third-order valence-electron chi connectivity index (χ3n) is 3.27. The van der Waals surface area contributed by atoms with E-state index >= 15 is 0 Å². The molecule has 8 heteroatoms. The van der Waals surface area contributed by atoms with Gasteiger partial charge in [-0.05, 0) is 17.7 Å². The Morgan fingerprint density at radius 1 is 1.26 bits per heavy atom. The molecule has 4 N–H and O–H groups in total. The van der Waals surface area contributed by atoms with E-state index in [-0.39, 0.29) is 22.6 Å². The largest absolute Gasteiger partial charge is 0.309 e. The molecular formula is C15H20N4O3S. The number of hydrogen-bond acceptors (Lipinski definition) is 4. The van der Waals surface area contributed by atoms with Crippen LogP contribution >= 0.6 is 0 Å². The molecule has 0 atom stereocenters. The summed E-state index contributed by atoms with van der Waals surface area (Å²) in [6.45, 7) is 6.12. The molecule has 0 saturated carbocycles. The summed E-state index contributed by atoms with van der Waals surface area (Å²) in [5, 5.41) is 14.7. The lowest BCUT2D eigenvalue weighted by molar-refractivity contribution is -0.115. The molecule has 0 aliphatic heterocycles. The average Bonchev–Trinajstić information content (AvgIpc) is 2.86. The lowest BCUT2D eigenvalue weighted by Crippen LogP contribution is -2.15. The highest BCUT2D eigenvalue weighted by Gasteiger charge is 2.17. The number of carbonyl (C=O) groups excluding carboxylic acids is 1. The molecule has 1 aromatic carbocycles. The van der Waals surface area contributed by atoms with Crippen molar-refractivity contribution in [3.05, 3.63) is 41.6 Å². The fraction of sp³-hybridized carbons (Fsp3) is 0.333. The number of benzene rings is 1. The van der Waals surface area contributed by atoms with Gasteiger partial charge in [0.2, 0.25) is 15.9 Å². The molecule has 2 rings (SSSR count). The number of rotatable bonds is 4. The van der Waals surface area contributed by atoms with Crippen LogP contribution in [0.25, 0.3) is 0 Å². The molecule has 7 nitrogen and oxygen atoms in total. The van der Waals surface area contributed by atoms with Gasteiger partial charge in [0.15, 0.2) is 5.82 Å². The highest BCUT2D eigenvalue weighted by Crippen LogP contribution is 2.22. The number of nitrogens with zero attached hydrogens (tertiary/aromatic N) is 1. The van der Waals surface area contributed by atoms with Crippen LogP contribution in [0.5, 0.6) is 0 Å². The maximum absolute atomic E-state index is 12.0. The maximum Gasteiger partial charge on any atom is 0.238 e. The second-order valence-electron chi connectivity index (χ2n) is 6.33. The van der Waals surface area contributed by atoms with Crippen molar-refractivity contribution in [2.75, 3.05) is 5.32 Å². The first-order chi connectivity index (χ1) is 10.6. The van der Waals surface area contributed by atoms with Crippen molar-refractivity contribution in [2.45, 2.75) is 37.5 Å². The Morgan fingerprint density at radius 3 is 2.35 bits per heavy atom. The Hall–Kier alpha value is -2.19. The average molecular weight is 336 g/mol. The minimum atomic E-state index is -3.72. The van der Waals surface area contributed by atoms with Gasteiger partial charge in [0.1, 0.15) is 0 Å². The molecule has 0 fully saturated rings. The molecule has 1 aromatic heterocycles. The van der Waals surface area contributed by atoms with Crippen LogP contribution in [0.3, 0.4) is 0 Å². The van der Waals surface area contributed by atoms with E-state index in [4.69, 9.17) is 5.14 Å². The predicted molar refractivity (Wildman–Crippen MR) is 87.4 cm³/mol. The monoisotopic (exact) mass is 336 g/mol. The first-order valence-corrected chi connectivity index (χ1v) is 8.58. The van der Waals surface area contributed by atoms with Gasteiger partial charge in [0, 0.05) is 17.2 Å². The molecule has 1 amide bonds. The molecule has 0 bridgehead atoms. The van der Waals surface area contributed by atoms with Crippen LogP contribution in [0.2, 0.25) is 0 Å². The molecule has 0 radical (unpaired) electrons. The van der Waals surface area contributed by atoms with E-state index in [0.29, 0.717) is 11.4 Å². The van der Waals surface area contributed by atoms with E-state index in [9.17, 15) is 13.2 Å². The number of aromatic amines is 1. The van der Waals surface area contributed by atoms with Gasteiger partial charge >= 0.3 is 0 Å². The highest BCUT2D eigenvalue weighted by atomic mass is 32.2. The van der Waals surface area contributed by atoms with Crippen molar-refractivity contribution in [1.29, 1.82) is 0 Å². The number of anilines is 1. The molecular weight excluding hydrogens is 316 g/mol. The molecule has 23 heavy (non-hydrogen) atoms. The summed E-state index contributed by atoms with van der Waals surface area (Å²) < 4.78 is 22.4. The Bertz CT molecular complexity index is 802.